The van der Waals surface area contributed by atoms with E-state index in [4.69, 9.17) is 9.47 Å². The average molecular weight is 332 g/mol. The second-order valence-corrected chi connectivity index (χ2v) is 5.28. The molecular formula is C18H21FN2O3. The van der Waals surface area contributed by atoms with Gasteiger partial charge in [-0.3, -0.25) is 0 Å². The van der Waals surface area contributed by atoms with E-state index in [1.165, 1.54) is 12.1 Å². The summed E-state index contributed by atoms with van der Waals surface area (Å²) in [4.78, 5) is 11.9. The number of hydrogen-bond acceptors (Lipinski definition) is 3. The molecule has 6 heteroatoms. The zero-order chi connectivity index (χ0) is 17.5. The number of carbonyl (C=O) groups is 1. The van der Waals surface area contributed by atoms with Gasteiger partial charge in [-0.15, -0.1) is 0 Å². The zero-order valence-corrected chi connectivity index (χ0v) is 14.0. The summed E-state index contributed by atoms with van der Waals surface area (Å²) < 4.78 is 23.6. The first-order chi connectivity index (χ1) is 11.5. The molecule has 2 N–H and O–H groups in total. The van der Waals surface area contributed by atoms with Crippen LogP contribution in [0.25, 0.3) is 0 Å². The van der Waals surface area contributed by atoms with Crippen LogP contribution in [-0.4, -0.2) is 26.8 Å². The average Bonchev–Trinajstić information content (AvgIpc) is 2.58. The molecule has 24 heavy (non-hydrogen) atoms. The molecule has 0 bridgehead atoms. The maximum Gasteiger partial charge on any atom is 0.319 e. The summed E-state index contributed by atoms with van der Waals surface area (Å²) in [7, 11) is 3.17. The predicted octanol–water partition coefficient (Wildman–Crippen LogP) is 3.52. The highest BCUT2D eigenvalue weighted by Gasteiger charge is 2.06. The van der Waals surface area contributed by atoms with Crippen LogP contribution in [0.3, 0.4) is 0 Å². The van der Waals surface area contributed by atoms with Gasteiger partial charge in [-0.1, -0.05) is 6.07 Å². The monoisotopic (exact) mass is 332 g/mol. The van der Waals surface area contributed by atoms with E-state index in [0.717, 1.165) is 5.56 Å². The Morgan fingerprint density at radius 2 is 1.83 bits per heavy atom. The third kappa shape index (κ3) is 4.62. The minimum Gasteiger partial charge on any atom is -0.493 e. The van der Waals surface area contributed by atoms with Crippen molar-refractivity contribution in [3.8, 4) is 11.5 Å². The number of hydrogen-bond donors (Lipinski definition) is 2. The maximum atomic E-state index is 13.2. The smallest absolute Gasteiger partial charge is 0.319 e. The first-order valence-electron chi connectivity index (χ1n) is 7.55. The van der Waals surface area contributed by atoms with Crippen molar-refractivity contribution < 1.29 is 18.7 Å². The van der Waals surface area contributed by atoms with Crippen LogP contribution in [0.1, 0.15) is 11.1 Å². The van der Waals surface area contributed by atoms with Gasteiger partial charge in [-0.25, -0.2) is 9.18 Å². The number of nitrogens with one attached hydrogen (secondary N) is 2. The van der Waals surface area contributed by atoms with E-state index in [2.05, 4.69) is 10.6 Å². The van der Waals surface area contributed by atoms with Crippen molar-refractivity contribution in [2.75, 3.05) is 26.1 Å². The molecule has 0 unspecified atom stereocenters. The zero-order valence-electron chi connectivity index (χ0n) is 14.0. The van der Waals surface area contributed by atoms with Gasteiger partial charge in [0.1, 0.15) is 5.82 Å². The number of urea groups is 1. The van der Waals surface area contributed by atoms with Gasteiger partial charge in [-0.2, -0.15) is 0 Å². The van der Waals surface area contributed by atoms with Crippen LogP contribution in [0.4, 0.5) is 14.9 Å². The molecule has 0 saturated carbocycles. The van der Waals surface area contributed by atoms with Gasteiger partial charge >= 0.3 is 6.03 Å². The van der Waals surface area contributed by atoms with E-state index in [1.807, 2.05) is 18.2 Å². The van der Waals surface area contributed by atoms with E-state index in [0.29, 0.717) is 35.7 Å². The lowest BCUT2D eigenvalue weighted by atomic mass is 10.1. The molecular weight excluding hydrogens is 311 g/mol. The Bertz CT molecular complexity index is 719. The Morgan fingerprint density at radius 1 is 1.08 bits per heavy atom. The lowest BCUT2D eigenvalue weighted by Crippen LogP contribution is -2.30. The van der Waals surface area contributed by atoms with Gasteiger partial charge in [0, 0.05) is 12.2 Å². The fraction of sp³-hybridized carbons (Fsp3) is 0.278. The van der Waals surface area contributed by atoms with Crippen molar-refractivity contribution in [1.82, 2.24) is 5.32 Å². The number of amides is 2. The fourth-order valence-electron chi connectivity index (χ4n) is 2.25. The van der Waals surface area contributed by atoms with Crippen molar-refractivity contribution in [3.05, 3.63) is 53.3 Å². The van der Waals surface area contributed by atoms with Gasteiger partial charge in [0.25, 0.3) is 0 Å². The third-order valence-electron chi connectivity index (χ3n) is 3.56. The van der Waals surface area contributed by atoms with E-state index in [1.54, 1.807) is 27.2 Å². The van der Waals surface area contributed by atoms with Crippen molar-refractivity contribution in [2.24, 2.45) is 0 Å². The third-order valence-corrected chi connectivity index (χ3v) is 3.56. The van der Waals surface area contributed by atoms with Gasteiger partial charge in [0.2, 0.25) is 0 Å². The standard InChI is InChI=1S/C18H21FN2O3/c1-12-10-14(5-6-15(12)19)21-18(22)20-9-8-13-4-7-16(23-2)17(11-13)24-3/h4-7,10-11H,8-9H2,1-3H3,(H2,20,21,22). The molecule has 0 aliphatic heterocycles. The molecule has 2 amide bonds. The molecule has 0 heterocycles. The molecule has 0 saturated heterocycles. The molecule has 128 valence electrons. The minimum atomic E-state index is -0.332. The fourth-order valence-corrected chi connectivity index (χ4v) is 2.25. The molecule has 0 aliphatic rings. The molecule has 0 radical (unpaired) electrons. The molecule has 2 aromatic carbocycles. The topological polar surface area (TPSA) is 59.6 Å². The Labute approximate surface area is 140 Å². The Hall–Kier alpha value is -2.76. The van der Waals surface area contributed by atoms with Crippen LogP contribution in [0.15, 0.2) is 36.4 Å². The Morgan fingerprint density at radius 3 is 2.50 bits per heavy atom. The number of benzene rings is 2. The first kappa shape index (κ1) is 17.6. The van der Waals surface area contributed by atoms with E-state index < -0.39 is 0 Å². The molecule has 0 spiro atoms. The van der Waals surface area contributed by atoms with Crippen LogP contribution < -0.4 is 20.1 Å². The number of rotatable bonds is 6. The number of ether oxygens (including phenoxy) is 2. The van der Waals surface area contributed by atoms with E-state index in [-0.39, 0.29) is 11.8 Å². The highest BCUT2D eigenvalue weighted by molar-refractivity contribution is 5.89. The van der Waals surface area contributed by atoms with Crippen LogP contribution in [0, 0.1) is 12.7 Å². The highest BCUT2D eigenvalue weighted by Crippen LogP contribution is 2.27. The van der Waals surface area contributed by atoms with Crippen molar-refractivity contribution in [1.29, 1.82) is 0 Å². The molecule has 0 aromatic heterocycles. The summed E-state index contributed by atoms with van der Waals surface area (Å²) >= 11 is 0. The van der Waals surface area contributed by atoms with Gasteiger partial charge in [-0.05, 0) is 54.8 Å². The van der Waals surface area contributed by atoms with Crippen LogP contribution in [0.5, 0.6) is 11.5 Å². The summed E-state index contributed by atoms with van der Waals surface area (Å²) in [6.07, 6.45) is 0.649. The molecule has 0 fully saturated rings. The quantitative estimate of drug-likeness (QED) is 0.851. The second-order valence-electron chi connectivity index (χ2n) is 5.28. The predicted molar refractivity (Wildman–Crippen MR) is 91.4 cm³/mol. The van der Waals surface area contributed by atoms with Gasteiger partial charge in [0.15, 0.2) is 11.5 Å². The number of methoxy groups -OCH3 is 2. The van der Waals surface area contributed by atoms with Gasteiger partial charge in [0.05, 0.1) is 14.2 Å². The Kier molecular flexibility index (Phi) is 6.01. The molecule has 0 aliphatic carbocycles. The van der Waals surface area contributed by atoms with E-state index >= 15 is 0 Å². The molecule has 2 rings (SSSR count). The second kappa shape index (κ2) is 8.19. The van der Waals surface area contributed by atoms with Crippen molar-refractivity contribution in [2.45, 2.75) is 13.3 Å². The number of halogens is 1. The summed E-state index contributed by atoms with van der Waals surface area (Å²) in [5.74, 6) is 1.02. The largest absolute Gasteiger partial charge is 0.493 e. The highest BCUT2D eigenvalue weighted by atomic mass is 19.1. The van der Waals surface area contributed by atoms with E-state index in [9.17, 15) is 9.18 Å². The summed E-state index contributed by atoms with van der Waals surface area (Å²) in [6.45, 7) is 2.11. The van der Waals surface area contributed by atoms with Crippen LogP contribution in [-0.2, 0) is 6.42 Å². The van der Waals surface area contributed by atoms with Crippen molar-refractivity contribution in [3.63, 3.8) is 0 Å². The van der Waals surface area contributed by atoms with Crippen molar-refractivity contribution >= 4 is 11.7 Å². The van der Waals surface area contributed by atoms with Gasteiger partial charge < -0.3 is 20.1 Å². The first-order valence-corrected chi connectivity index (χ1v) is 7.55. The normalized spacial score (nSPS) is 10.2. The number of aryl methyl sites for hydroxylation is 1. The summed E-state index contributed by atoms with van der Waals surface area (Å²) in [6, 6.07) is 9.73. The SMILES string of the molecule is COc1ccc(CCNC(=O)Nc2ccc(F)c(C)c2)cc1OC. The minimum absolute atomic E-state index is 0.297. The maximum absolute atomic E-state index is 13.2. The van der Waals surface area contributed by atoms with Crippen LogP contribution >= 0.6 is 0 Å². The van der Waals surface area contributed by atoms with Crippen LogP contribution in [0.2, 0.25) is 0 Å². The number of carbonyl (C=O) groups excluding carboxylic acids is 1. The summed E-state index contributed by atoms with van der Waals surface area (Å²) in [5, 5.41) is 5.44. The number of anilines is 1. The summed E-state index contributed by atoms with van der Waals surface area (Å²) in [5.41, 5.74) is 2.06. The molecule has 0 atom stereocenters. The lowest BCUT2D eigenvalue weighted by molar-refractivity contribution is 0.252. The Balaban J connectivity index is 1.85. The molecule has 2 aromatic rings. The lowest BCUT2D eigenvalue weighted by Gasteiger charge is -2.11. The molecule has 5 nitrogen and oxygen atoms in total.